The van der Waals surface area contributed by atoms with Crippen LogP contribution in [0.1, 0.15) is 44.6 Å². The Bertz CT molecular complexity index is 403. The first-order valence-electron chi connectivity index (χ1n) is 6.35. The predicted molar refractivity (Wildman–Crippen MR) is 68.4 cm³/mol. The van der Waals surface area contributed by atoms with Crippen molar-refractivity contribution in [2.24, 2.45) is 0 Å². The predicted octanol–water partition coefficient (Wildman–Crippen LogP) is 3.49. The molecule has 1 aliphatic carbocycles. The molecule has 0 radical (unpaired) electrons. The Morgan fingerprint density at radius 2 is 1.82 bits per heavy atom. The van der Waals surface area contributed by atoms with Crippen molar-refractivity contribution in [3.05, 3.63) is 29.8 Å². The van der Waals surface area contributed by atoms with E-state index in [1.807, 2.05) is 24.3 Å². The van der Waals surface area contributed by atoms with Crippen LogP contribution in [0.2, 0.25) is 0 Å². The molecule has 0 aliphatic heterocycles. The highest BCUT2D eigenvalue weighted by Gasteiger charge is 2.40. The van der Waals surface area contributed by atoms with E-state index in [0.717, 1.165) is 37.0 Å². The molecule has 92 valence electrons. The minimum absolute atomic E-state index is 0.279. The quantitative estimate of drug-likeness (QED) is 0.797. The van der Waals surface area contributed by atoms with E-state index in [1.54, 1.807) is 14.0 Å². The third kappa shape index (κ3) is 2.08. The molecular formula is C15H20O2. The molecule has 0 unspecified atom stereocenters. The summed E-state index contributed by atoms with van der Waals surface area (Å²) in [5.41, 5.74) is 0.778. The summed E-state index contributed by atoms with van der Waals surface area (Å²) >= 11 is 0. The number of ether oxygens (including phenoxy) is 1. The number of para-hydroxylation sites is 1. The third-order valence-corrected chi connectivity index (χ3v) is 4.00. The maximum atomic E-state index is 12.1. The highest BCUT2D eigenvalue weighted by Crippen LogP contribution is 2.43. The number of hydrogen-bond acceptors (Lipinski definition) is 2. The number of carbonyl (C=O) groups is 1. The Labute approximate surface area is 103 Å². The maximum Gasteiger partial charge on any atom is 0.140 e. The fourth-order valence-electron chi connectivity index (χ4n) is 3.01. The summed E-state index contributed by atoms with van der Waals surface area (Å²) in [7, 11) is 1.68. The molecule has 0 bridgehead atoms. The van der Waals surface area contributed by atoms with Crippen LogP contribution in [-0.2, 0) is 10.2 Å². The van der Waals surface area contributed by atoms with E-state index in [0.29, 0.717) is 0 Å². The summed E-state index contributed by atoms with van der Waals surface area (Å²) < 4.78 is 5.42. The van der Waals surface area contributed by atoms with Crippen LogP contribution in [-0.4, -0.2) is 12.9 Å². The molecule has 1 aromatic carbocycles. The van der Waals surface area contributed by atoms with Crippen molar-refractivity contribution in [1.29, 1.82) is 0 Å². The molecule has 0 spiro atoms. The van der Waals surface area contributed by atoms with E-state index >= 15 is 0 Å². The van der Waals surface area contributed by atoms with E-state index in [4.69, 9.17) is 4.74 Å². The Morgan fingerprint density at radius 1 is 1.18 bits per heavy atom. The monoisotopic (exact) mass is 232 g/mol. The fourth-order valence-corrected chi connectivity index (χ4v) is 3.01. The van der Waals surface area contributed by atoms with E-state index < -0.39 is 0 Å². The molecule has 0 N–H and O–H groups in total. The molecule has 2 nitrogen and oxygen atoms in total. The summed E-state index contributed by atoms with van der Waals surface area (Å²) in [6.07, 6.45) is 5.44. The molecule has 0 saturated heterocycles. The number of Topliss-reactive ketones (excluding diaryl/α,β-unsaturated/α-hetero) is 1. The summed E-state index contributed by atoms with van der Waals surface area (Å²) in [6.45, 7) is 1.72. The molecule has 0 heterocycles. The molecule has 1 aliphatic rings. The second-order valence-electron chi connectivity index (χ2n) is 4.90. The normalized spacial score (nSPS) is 18.7. The number of carbonyl (C=O) groups excluding carboxylic acids is 1. The van der Waals surface area contributed by atoms with Crippen LogP contribution in [0.3, 0.4) is 0 Å². The second kappa shape index (κ2) is 4.91. The third-order valence-electron chi connectivity index (χ3n) is 4.00. The van der Waals surface area contributed by atoms with Crippen LogP contribution in [0.5, 0.6) is 5.75 Å². The SMILES string of the molecule is COc1ccccc1C1(C(C)=O)CCCCC1. The zero-order valence-electron chi connectivity index (χ0n) is 10.7. The van der Waals surface area contributed by atoms with Gasteiger partial charge in [0.2, 0.25) is 0 Å². The first-order valence-corrected chi connectivity index (χ1v) is 6.35. The Morgan fingerprint density at radius 3 is 2.41 bits per heavy atom. The first-order chi connectivity index (χ1) is 8.20. The van der Waals surface area contributed by atoms with E-state index in [1.165, 1.54) is 6.42 Å². The standard InChI is InChI=1S/C15H20O2/c1-12(16)15(10-6-3-7-11-15)13-8-4-5-9-14(13)17-2/h4-5,8-9H,3,6-7,10-11H2,1-2H3. The minimum Gasteiger partial charge on any atom is -0.496 e. The molecule has 1 saturated carbocycles. The molecule has 2 rings (SSSR count). The van der Waals surface area contributed by atoms with Gasteiger partial charge < -0.3 is 4.74 Å². The highest BCUT2D eigenvalue weighted by atomic mass is 16.5. The van der Waals surface area contributed by atoms with Crippen molar-refractivity contribution in [3.8, 4) is 5.75 Å². The van der Waals surface area contributed by atoms with Gasteiger partial charge >= 0.3 is 0 Å². The summed E-state index contributed by atoms with van der Waals surface area (Å²) in [4.78, 5) is 12.1. The van der Waals surface area contributed by atoms with Crippen molar-refractivity contribution in [3.63, 3.8) is 0 Å². The van der Waals surface area contributed by atoms with E-state index in [-0.39, 0.29) is 11.2 Å². The van der Waals surface area contributed by atoms with Crippen LogP contribution in [0.4, 0.5) is 0 Å². The Balaban J connectivity index is 2.48. The number of rotatable bonds is 3. The van der Waals surface area contributed by atoms with Gasteiger partial charge in [-0.1, -0.05) is 37.5 Å². The van der Waals surface area contributed by atoms with Crippen LogP contribution < -0.4 is 4.74 Å². The van der Waals surface area contributed by atoms with Gasteiger partial charge in [-0.25, -0.2) is 0 Å². The van der Waals surface area contributed by atoms with Gasteiger partial charge in [-0.2, -0.15) is 0 Å². The Hall–Kier alpha value is -1.31. The van der Waals surface area contributed by atoms with Gasteiger partial charge in [-0.3, -0.25) is 4.79 Å². The molecule has 17 heavy (non-hydrogen) atoms. The summed E-state index contributed by atoms with van der Waals surface area (Å²) in [5, 5.41) is 0. The van der Waals surface area contributed by atoms with Gasteiger partial charge in [-0.15, -0.1) is 0 Å². The van der Waals surface area contributed by atoms with Gasteiger partial charge in [0.05, 0.1) is 12.5 Å². The summed E-state index contributed by atoms with van der Waals surface area (Å²) in [6, 6.07) is 7.95. The number of benzene rings is 1. The zero-order chi connectivity index (χ0) is 12.3. The van der Waals surface area contributed by atoms with Crippen LogP contribution in [0.15, 0.2) is 24.3 Å². The lowest BCUT2D eigenvalue weighted by Crippen LogP contribution is -2.36. The van der Waals surface area contributed by atoms with Crippen molar-refractivity contribution >= 4 is 5.78 Å². The topological polar surface area (TPSA) is 26.3 Å². The zero-order valence-corrected chi connectivity index (χ0v) is 10.7. The average Bonchev–Trinajstić information content (AvgIpc) is 2.39. The van der Waals surface area contributed by atoms with E-state index in [2.05, 4.69) is 0 Å². The largest absolute Gasteiger partial charge is 0.496 e. The molecule has 2 heteroatoms. The minimum atomic E-state index is -0.301. The molecular weight excluding hydrogens is 212 g/mol. The van der Waals surface area contributed by atoms with Gasteiger partial charge in [0.15, 0.2) is 0 Å². The van der Waals surface area contributed by atoms with Crippen molar-refractivity contribution in [2.75, 3.05) is 7.11 Å². The molecule has 0 atom stereocenters. The molecule has 0 aromatic heterocycles. The first kappa shape index (κ1) is 12.2. The number of ketones is 1. The van der Waals surface area contributed by atoms with Crippen LogP contribution >= 0.6 is 0 Å². The lowest BCUT2D eigenvalue weighted by atomic mass is 9.67. The number of hydrogen-bond donors (Lipinski definition) is 0. The van der Waals surface area contributed by atoms with Gasteiger partial charge in [0.25, 0.3) is 0 Å². The van der Waals surface area contributed by atoms with E-state index in [9.17, 15) is 4.79 Å². The van der Waals surface area contributed by atoms with Crippen molar-refractivity contribution < 1.29 is 9.53 Å². The maximum absolute atomic E-state index is 12.1. The molecule has 1 fully saturated rings. The molecule has 0 amide bonds. The smallest absolute Gasteiger partial charge is 0.140 e. The lowest BCUT2D eigenvalue weighted by molar-refractivity contribution is -0.123. The number of methoxy groups -OCH3 is 1. The van der Waals surface area contributed by atoms with Gasteiger partial charge in [0.1, 0.15) is 11.5 Å². The second-order valence-corrected chi connectivity index (χ2v) is 4.90. The van der Waals surface area contributed by atoms with Crippen molar-refractivity contribution in [2.45, 2.75) is 44.4 Å². The fraction of sp³-hybridized carbons (Fsp3) is 0.533. The average molecular weight is 232 g/mol. The van der Waals surface area contributed by atoms with Crippen molar-refractivity contribution in [1.82, 2.24) is 0 Å². The van der Waals surface area contributed by atoms with Gasteiger partial charge in [0, 0.05) is 5.56 Å². The van der Waals surface area contributed by atoms with Gasteiger partial charge in [-0.05, 0) is 25.8 Å². The Kier molecular flexibility index (Phi) is 3.51. The van der Waals surface area contributed by atoms with Crippen LogP contribution in [0, 0.1) is 0 Å². The molecule has 1 aromatic rings. The lowest BCUT2D eigenvalue weighted by Gasteiger charge is -2.36. The van der Waals surface area contributed by atoms with Crippen LogP contribution in [0.25, 0.3) is 0 Å². The highest BCUT2D eigenvalue weighted by molar-refractivity contribution is 5.89. The summed E-state index contributed by atoms with van der Waals surface area (Å²) in [5.74, 6) is 1.13.